The van der Waals surface area contributed by atoms with Gasteiger partial charge in [-0.05, 0) is 47.4 Å². The van der Waals surface area contributed by atoms with Gasteiger partial charge in [-0.15, -0.1) is 0 Å². The molecule has 3 aromatic rings. The van der Waals surface area contributed by atoms with Crippen molar-refractivity contribution in [2.75, 3.05) is 12.3 Å². The first-order valence-electron chi connectivity index (χ1n) is 10.2. The quantitative estimate of drug-likeness (QED) is 0.401. The number of amides is 1. The molecule has 0 fully saturated rings. The summed E-state index contributed by atoms with van der Waals surface area (Å²) in [6, 6.07) is 18.9. The van der Waals surface area contributed by atoms with Crippen molar-refractivity contribution in [2.45, 2.75) is 18.9 Å². The Morgan fingerprint density at radius 2 is 1.56 bits per heavy atom. The molecule has 1 atom stereocenters. The summed E-state index contributed by atoms with van der Waals surface area (Å²) in [5.41, 5.74) is 10.1. The summed E-state index contributed by atoms with van der Waals surface area (Å²) in [4.78, 5) is 36.6. The Kier molecular flexibility index (Phi) is 5.64. The van der Waals surface area contributed by atoms with Crippen molar-refractivity contribution in [1.29, 1.82) is 0 Å². The maximum atomic E-state index is 12.8. The third-order valence-corrected chi connectivity index (χ3v) is 5.61. The standard InChI is InChI=1S/C25H22N2O5/c1-14(23(28)21-12-15(26)10-11-20(21)24(29)30)27-25(31)32-13-22-18-8-4-2-6-16(18)17-7-3-5-9-19(17)22/h2-12,14,22H,13,26H2,1H3,(H,27,31)(H,29,30)/t14-/m0/s1. The monoisotopic (exact) mass is 430 g/mol. The van der Waals surface area contributed by atoms with Crippen LogP contribution in [0.15, 0.2) is 66.7 Å². The molecule has 0 aromatic heterocycles. The van der Waals surface area contributed by atoms with Gasteiger partial charge >= 0.3 is 12.1 Å². The summed E-state index contributed by atoms with van der Waals surface area (Å²) in [7, 11) is 0. The van der Waals surface area contributed by atoms with E-state index in [0.717, 1.165) is 22.3 Å². The van der Waals surface area contributed by atoms with Crippen LogP contribution >= 0.6 is 0 Å². The highest BCUT2D eigenvalue weighted by Crippen LogP contribution is 2.44. The van der Waals surface area contributed by atoms with Gasteiger partial charge in [0.1, 0.15) is 6.61 Å². The molecule has 0 aliphatic heterocycles. The van der Waals surface area contributed by atoms with Gasteiger partial charge in [-0.2, -0.15) is 0 Å². The number of ether oxygens (including phenoxy) is 1. The van der Waals surface area contributed by atoms with E-state index in [9.17, 15) is 19.5 Å². The van der Waals surface area contributed by atoms with Crippen molar-refractivity contribution >= 4 is 23.5 Å². The summed E-state index contributed by atoms with van der Waals surface area (Å²) in [5, 5.41) is 11.8. The topological polar surface area (TPSA) is 119 Å². The van der Waals surface area contributed by atoms with Gasteiger partial charge in [0, 0.05) is 17.2 Å². The van der Waals surface area contributed by atoms with Crippen molar-refractivity contribution in [3.63, 3.8) is 0 Å². The lowest BCUT2D eigenvalue weighted by Crippen LogP contribution is -2.39. The van der Waals surface area contributed by atoms with Crippen LogP contribution in [0.4, 0.5) is 10.5 Å². The lowest BCUT2D eigenvalue weighted by Gasteiger charge is -2.17. The molecule has 162 valence electrons. The lowest BCUT2D eigenvalue weighted by molar-refractivity contribution is 0.0691. The van der Waals surface area contributed by atoms with Crippen LogP contribution in [0.5, 0.6) is 0 Å². The van der Waals surface area contributed by atoms with E-state index in [1.807, 2.05) is 48.5 Å². The van der Waals surface area contributed by atoms with Crippen LogP contribution < -0.4 is 11.1 Å². The predicted molar refractivity (Wildman–Crippen MR) is 120 cm³/mol. The SMILES string of the molecule is C[C@H](NC(=O)OCC1c2ccccc2-c2ccccc21)C(=O)c1cc(N)ccc1C(=O)O. The van der Waals surface area contributed by atoms with Gasteiger partial charge in [0.15, 0.2) is 5.78 Å². The fourth-order valence-corrected chi connectivity index (χ4v) is 4.07. The average Bonchev–Trinajstić information content (AvgIpc) is 3.10. The van der Waals surface area contributed by atoms with Crippen LogP contribution in [0.1, 0.15) is 44.7 Å². The number of Topliss-reactive ketones (excluding diaryl/α,β-unsaturated/α-hetero) is 1. The van der Waals surface area contributed by atoms with Crippen LogP contribution in [0.3, 0.4) is 0 Å². The van der Waals surface area contributed by atoms with E-state index < -0.39 is 23.9 Å². The molecule has 0 saturated carbocycles. The minimum atomic E-state index is -1.25. The molecular formula is C25H22N2O5. The fraction of sp³-hybridized carbons (Fsp3) is 0.160. The van der Waals surface area contributed by atoms with E-state index in [1.54, 1.807) is 0 Å². The maximum absolute atomic E-state index is 12.8. The number of ketones is 1. The third-order valence-electron chi connectivity index (χ3n) is 5.61. The number of carbonyl (C=O) groups excluding carboxylic acids is 2. The number of alkyl carbamates (subject to hydrolysis) is 1. The molecule has 0 radical (unpaired) electrons. The third kappa shape index (κ3) is 3.92. The molecule has 0 spiro atoms. The lowest BCUT2D eigenvalue weighted by atomic mass is 9.98. The van der Waals surface area contributed by atoms with Gasteiger partial charge in [0.25, 0.3) is 0 Å². The molecule has 4 rings (SSSR count). The molecule has 0 unspecified atom stereocenters. The molecule has 1 aliphatic rings. The summed E-state index contributed by atoms with van der Waals surface area (Å²) >= 11 is 0. The summed E-state index contributed by atoms with van der Waals surface area (Å²) in [6.07, 6.45) is -0.756. The number of hydrogen-bond acceptors (Lipinski definition) is 5. The minimum Gasteiger partial charge on any atom is -0.478 e. The number of carboxylic acid groups (broad SMARTS) is 1. The number of hydrogen-bond donors (Lipinski definition) is 3. The van der Waals surface area contributed by atoms with Gasteiger partial charge < -0.3 is 20.9 Å². The Morgan fingerprint density at radius 3 is 2.16 bits per heavy atom. The van der Waals surface area contributed by atoms with Crippen molar-refractivity contribution < 1.29 is 24.2 Å². The molecule has 0 bridgehead atoms. The van der Waals surface area contributed by atoms with Crippen LogP contribution in [0.25, 0.3) is 11.1 Å². The highest BCUT2D eigenvalue weighted by Gasteiger charge is 2.29. The maximum Gasteiger partial charge on any atom is 0.407 e. The van der Waals surface area contributed by atoms with Crippen molar-refractivity contribution in [2.24, 2.45) is 0 Å². The Bertz CT molecular complexity index is 1170. The van der Waals surface area contributed by atoms with Crippen molar-refractivity contribution in [3.8, 4) is 11.1 Å². The second-order valence-corrected chi connectivity index (χ2v) is 7.67. The Hall–Kier alpha value is -4.13. The van der Waals surface area contributed by atoms with E-state index in [1.165, 1.54) is 25.1 Å². The number of nitrogens with two attached hydrogens (primary N) is 1. The molecule has 1 aliphatic carbocycles. The average molecular weight is 430 g/mol. The number of nitrogens with one attached hydrogen (secondary N) is 1. The summed E-state index contributed by atoms with van der Waals surface area (Å²) < 4.78 is 5.45. The van der Waals surface area contributed by atoms with Crippen molar-refractivity contribution in [3.05, 3.63) is 89.0 Å². The highest BCUT2D eigenvalue weighted by molar-refractivity contribution is 6.09. The summed E-state index contributed by atoms with van der Waals surface area (Å²) in [5.74, 6) is -1.92. The van der Waals surface area contributed by atoms with Gasteiger partial charge in [0.05, 0.1) is 11.6 Å². The number of anilines is 1. The number of fused-ring (bicyclic) bond motifs is 3. The fourth-order valence-electron chi connectivity index (χ4n) is 4.07. The van der Waals surface area contributed by atoms with Gasteiger partial charge in [-0.1, -0.05) is 48.5 Å². The van der Waals surface area contributed by atoms with Crippen LogP contribution in [0, 0.1) is 0 Å². The highest BCUT2D eigenvalue weighted by atomic mass is 16.5. The van der Waals surface area contributed by atoms with Crippen molar-refractivity contribution in [1.82, 2.24) is 5.32 Å². The zero-order valence-corrected chi connectivity index (χ0v) is 17.4. The van der Waals surface area contributed by atoms with E-state index in [4.69, 9.17) is 10.5 Å². The number of aromatic carboxylic acids is 1. The van der Waals surface area contributed by atoms with E-state index in [2.05, 4.69) is 5.32 Å². The van der Waals surface area contributed by atoms with E-state index >= 15 is 0 Å². The number of rotatable bonds is 6. The second kappa shape index (κ2) is 8.55. The molecule has 4 N–H and O–H groups in total. The first-order chi connectivity index (χ1) is 15.4. The predicted octanol–water partition coefficient (Wildman–Crippen LogP) is 4.08. The second-order valence-electron chi connectivity index (χ2n) is 7.67. The van der Waals surface area contributed by atoms with Gasteiger partial charge in [-0.3, -0.25) is 4.79 Å². The zero-order chi connectivity index (χ0) is 22.8. The summed E-state index contributed by atoms with van der Waals surface area (Å²) in [6.45, 7) is 1.58. The first kappa shape index (κ1) is 21.1. The number of carbonyl (C=O) groups is 3. The zero-order valence-electron chi connectivity index (χ0n) is 17.4. The largest absolute Gasteiger partial charge is 0.478 e. The van der Waals surface area contributed by atoms with Crippen LogP contribution in [-0.2, 0) is 4.74 Å². The van der Waals surface area contributed by atoms with E-state index in [0.29, 0.717) is 0 Å². The molecule has 0 heterocycles. The normalized spacial score (nSPS) is 13.0. The molecule has 7 heteroatoms. The van der Waals surface area contributed by atoms with Crippen LogP contribution in [0.2, 0.25) is 0 Å². The first-order valence-corrected chi connectivity index (χ1v) is 10.2. The number of carboxylic acids is 1. The minimum absolute atomic E-state index is 0.0658. The number of benzene rings is 3. The van der Waals surface area contributed by atoms with Gasteiger partial charge in [-0.25, -0.2) is 9.59 Å². The molecule has 7 nitrogen and oxygen atoms in total. The molecular weight excluding hydrogens is 408 g/mol. The smallest absolute Gasteiger partial charge is 0.407 e. The molecule has 3 aromatic carbocycles. The van der Waals surface area contributed by atoms with Gasteiger partial charge in [0.2, 0.25) is 0 Å². The Morgan fingerprint density at radius 1 is 0.969 bits per heavy atom. The van der Waals surface area contributed by atoms with E-state index in [-0.39, 0.29) is 29.3 Å². The Labute approximate surface area is 184 Å². The Balaban J connectivity index is 1.45. The van der Waals surface area contributed by atoms with Crippen LogP contribution in [-0.4, -0.2) is 35.6 Å². The molecule has 32 heavy (non-hydrogen) atoms. The molecule has 1 amide bonds. The number of nitrogen functional groups attached to an aromatic ring is 1. The molecule has 0 saturated heterocycles.